The Morgan fingerprint density at radius 2 is 2.03 bits per heavy atom. The summed E-state index contributed by atoms with van der Waals surface area (Å²) in [7, 11) is 0. The maximum atomic E-state index is 11.0. The Balaban J connectivity index is 0.000000168. The predicted octanol–water partition coefficient (Wildman–Crippen LogP) is -1.54. The Hall–Kier alpha value is -3.75. The molecule has 5 heterocycles. The number of hydrogen-bond acceptors (Lipinski definition) is 11. The van der Waals surface area contributed by atoms with Gasteiger partial charge < -0.3 is 42.1 Å². The molecule has 5 rings (SSSR count). The molecule has 14 heteroatoms. The zero-order valence-corrected chi connectivity index (χ0v) is 15.6. The summed E-state index contributed by atoms with van der Waals surface area (Å²) in [5, 5.41) is 18.8. The smallest absolute Gasteiger partial charge is 0.277 e. The first-order valence-electron chi connectivity index (χ1n) is 8.89. The Morgan fingerprint density at radius 3 is 2.77 bits per heavy atom. The number of nitrogens with zero attached hydrogens (tertiary/aromatic N) is 5. The maximum absolute atomic E-state index is 11.0. The SMILES string of the molecule is Nc1cc2[nH]cnc2c(=O)[nH]1.Nc1nc(N)c2ncn([C@H]3C[C@H](O)[C@@H](CO)O3)c2n1. The van der Waals surface area contributed by atoms with Gasteiger partial charge >= 0.3 is 0 Å². The summed E-state index contributed by atoms with van der Waals surface area (Å²) in [4.78, 5) is 32.1. The van der Waals surface area contributed by atoms with E-state index >= 15 is 0 Å². The van der Waals surface area contributed by atoms with Gasteiger partial charge in [0.15, 0.2) is 17.0 Å². The number of rotatable bonds is 2. The molecule has 0 unspecified atom stereocenters. The quantitative estimate of drug-likeness (QED) is 0.198. The fourth-order valence-corrected chi connectivity index (χ4v) is 3.19. The lowest BCUT2D eigenvalue weighted by Gasteiger charge is -2.13. The second kappa shape index (κ2) is 7.58. The monoisotopic (exact) mass is 416 g/mol. The molecule has 158 valence electrons. The van der Waals surface area contributed by atoms with Crippen LogP contribution in [0.25, 0.3) is 22.2 Å². The minimum absolute atomic E-state index is 0.0454. The molecule has 0 spiro atoms. The summed E-state index contributed by atoms with van der Waals surface area (Å²) in [6.45, 7) is -0.246. The van der Waals surface area contributed by atoms with Crippen LogP contribution in [0, 0.1) is 0 Å². The van der Waals surface area contributed by atoms with Crippen molar-refractivity contribution in [1.29, 1.82) is 0 Å². The van der Waals surface area contributed by atoms with Gasteiger partial charge in [0.05, 0.1) is 30.9 Å². The standard InChI is InChI=1S/C10H14N6O3.C6H6N4O/c11-8-7-9(15-10(12)14-8)16(3-13-7)6-1-4(18)5(2-17)19-6;7-4-1-3-5(6(11)10-4)9-2-8-3/h3-6,17-18H,1-2H2,(H4,11,12,14,15);1-2H,(H,8,9)(H3,7,10,11)/t4-,5+,6+;/m0./s1. The van der Waals surface area contributed by atoms with Gasteiger partial charge in [-0.05, 0) is 0 Å². The van der Waals surface area contributed by atoms with Crippen LogP contribution in [0.3, 0.4) is 0 Å². The summed E-state index contributed by atoms with van der Waals surface area (Å²) >= 11 is 0. The van der Waals surface area contributed by atoms with Crippen molar-refractivity contribution in [1.82, 2.24) is 34.5 Å². The van der Waals surface area contributed by atoms with E-state index in [9.17, 15) is 9.90 Å². The third kappa shape index (κ3) is 3.49. The largest absolute Gasteiger partial charge is 0.394 e. The molecule has 14 nitrogen and oxygen atoms in total. The topological polar surface area (TPSA) is 233 Å². The fraction of sp³-hybridized carbons (Fsp3) is 0.312. The van der Waals surface area contributed by atoms with Gasteiger partial charge in [-0.1, -0.05) is 0 Å². The molecular weight excluding hydrogens is 396 g/mol. The van der Waals surface area contributed by atoms with E-state index in [-0.39, 0.29) is 23.9 Å². The number of nitrogen functional groups attached to an aromatic ring is 3. The number of nitrogens with one attached hydrogen (secondary N) is 2. The minimum atomic E-state index is -0.732. The molecular formula is C16H20N10O4. The lowest BCUT2D eigenvalue weighted by molar-refractivity contribution is -0.0432. The molecule has 10 N–H and O–H groups in total. The molecule has 0 bridgehead atoms. The molecule has 4 aromatic rings. The maximum Gasteiger partial charge on any atom is 0.277 e. The van der Waals surface area contributed by atoms with Gasteiger partial charge in [-0.25, -0.2) is 9.97 Å². The highest BCUT2D eigenvalue weighted by molar-refractivity contribution is 5.82. The van der Waals surface area contributed by atoms with Gasteiger partial charge in [-0.3, -0.25) is 9.36 Å². The average molecular weight is 416 g/mol. The van der Waals surface area contributed by atoms with Gasteiger partial charge in [0.25, 0.3) is 5.56 Å². The molecule has 1 fully saturated rings. The molecule has 1 saturated heterocycles. The summed E-state index contributed by atoms with van der Waals surface area (Å²) < 4.78 is 7.16. The summed E-state index contributed by atoms with van der Waals surface area (Å²) in [6, 6.07) is 1.63. The second-order valence-corrected chi connectivity index (χ2v) is 6.62. The molecule has 4 aromatic heterocycles. The summed E-state index contributed by atoms with van der Waals surface area (Å²) in [6.07, 6.45) is 1.49. The number of ether oxygens (including phenoxy) is 1. The van der Waals surface area contributed by atoms with Crippen LogP contribution in [0.1, 0.15) is 12.6 Å². The Bertz CT molecular complexity index is 1250. The van der Waals surface area contributed by atoms with E-state index in [4.69, 9.17) is 27.0 Å². The van der Waals surface area contributed by atoms with Crippen molar-refractivity contribution < 1.29 is 14.9 Å². The Labute approximate surface area is 167 Å². The van der Waals surface area contributed by atoms with Crippen molar-refractivity contribution in [2.24, 2.45) is 0 Å². The van der Waals surface area contributed by atoms with Gasteiger partial charge in [0.2, 0.25) is 5.95 Å². The number of pyridine rings is 1. The van der Waals surface area contributed by atoms with Gasteiger partial charge in [-0.15, -0.1) is 0 Å². The van der Waals surface area contributed by atoms with Crippen LogP contribution in [0.5, 0.6) is 0 Å². The highest BCUT2D eigenvalue weighted by Gasteiger charge is 2.35. The van der Waals surface area contributed by atoms with Crippen LogP contribution < -0.4 is 22.8 Å². The summed E-state index contributed by atoms with van der Waals surface area (Å²) in [5.74, 6) is 0.578. The third-order valence-corrected chi connectivity index (χ3v) is 4.60. The number of H-pyrrole nitrogens is 2. The van der Waals surface area contributed by atoms with Crippen molar-refractivity contribution in [3.8, 4) is 0 Å². The lowest BCUT2D eigenvalue weighted by Crippen LogP contribution is -2.24. The number of aromatic nitrogens is 7. The van der Waals surface area contributed by atoms with E-state index in [0.29, 0.717) is 34.4 Å². The normalized spacial score (nSPS) is 21.1. The molecule has 0 amide bonds. The first-order chi connectivity index (χ1) is 14.4. The molecule has 30 heavy (non-hydrogen) atoms. The van der Waals surface area contributed by atoms with Crippen LogP contribution in [-0.2, 0) is 4.74 Å². The summed E-state index contributed by atoms with van der Waals surface area (Å²) in [5.41, 5.74) is 18.3. The molecule has 0 saturated carbocycles. The number of nitrogens with two attached hydrogens (primary N) is 3. The second-order valence-electron chi connectivity index (χ2n) is 6.62. The Morgan fingerprint density at radius 1 is 1.23 bits per heavy atom. The molecule has 0 aromatic carbocycles. The molecule has 0 aliphatic carbocycles. The van der Waals surface area contributed by atoms with Gasteiger partial charge in [-0.2, -0.15) is 9.97 Å². The fourth-order valence-electron chi connectivity index (χ4n) is 3.19. The lowest BCUT2D eigenvalue weighted by atomic mass is 10.2. The average Bonchev–Trinajstić information content (AvgIpc) is 3.40. The molecule has 1 aliphatic rings. The zero-order valence-electron chi connectivity index (χ0n) is 15.6. The van der Waals surface area contributed by atoms with E-state index in [1.54, 1.807) is 10.6 Å². The van der Waals surface area contributed by atoms with Crippen LogP contribution in [0.15, 0.2) is 23.5 Å². The van der Waals surface area contributed by atoms with Crippen molar-refractivity contribution in [3.63, 3.8) is 0 Å². The first kappa shape index (κ1) is 19.6. The molecule has 1 aliphatic heterocycles. The van der Waals surface area contributed by atoms with E-state index < -0.39 is 18.4 Å². The van der Waals surface area contributed by atoms with Crippen molar-refractivity contribution in [2.75, 3.05) is 23.8 Å². The van der Waals surface area contributed by atoms with Crippen molar-refractivity contribution in [3.05, 3.63) is 29.1 Å². The van der Waals surface area contributed by atoms with E-state index in [1.807, 2.05) is 0 Å². The van der Waals surface area contributed by atoms with Crippen LogP contribution in [-0.4, -0.2) is 63.5 Å². The molecule has 3 atom stereocenters. The Kier molecular flexibility index (Phi) is 4.94. The third-order valence-electron chi connectivity index (χ3n) is 4.60. The van der Waals surface area contributed by atoms with Crippen molar-refractivity contribution in [2.45, 2.75) is 24.9 Å². The highest BCUT2D eigenvalue weighted by Crippen LogP contribution is 2.31. The van der Waals surface area contributed by atoms with Gasteiger partial charge in [0, 0.05) is 12.5 Å². The van der Waals surface area contributed by atoms with Crippen molar-refractivity contribution >= 4 is 39.8 Å². The number of aromatic amines is 2. The number of imidazole rings is 2. The number of aliphatic hydroxyl groups is 2. The minimum Gasteiger partial charge on any atom is -0.394 e. The van der Waals surface area contributed by atoms with E-state index in [1.165, 1.54) is 12.7 Å². The van der Waals surface area contributed by atoms with Crippen LogP contribution in [0.2, 0.25) is 0 Å². The number of fused-ring (bicyclic) bond motifs is 2. The number of hydrogen-bond donors (Lipinski definition) is 7. The number of anilines is 3. The van der Waals surface area contributed by atoms with E-state index in [0.717, 1.165) is 0 Å². The van der Waals surface area contributed by atoms with Crippen LogP contribution in [0.4, 0.5) is 17.6 Å². The highest BCUT2D eigenvalue weighted by atomic mass is 16.5. The van der Waals surface area contributed by atoms with Crippen LogP contribution >= 0.6 is 0 Å². The first-order valence-corrected chi connectivity index (χ1v) is 8.89. The van der Waals surface area contributed by atoms with Gasteiger partial charge in [0.1, 0.15) is 23.7 Å². The molecule has 0 radical (unpaired) electrons. The number of aliphatic hydroxyl groups excluding tert-OH is 2. The predicted molar refractivity (Wildman–Crippen MR) is 107 cm³/mol. The van der Waals surface area contributed by atoms with E-state index in [2.05, 4.69) is 29.9 Å². The zero-order chi connectivity index (χ0) is 21.4.